The third kappa shape index (κ3) is 4.09. The van der Waals surface area contributed by atoms with Crippen molar-refractivity contribution in [2.24, 2.45) is 0 Å². The van der Waals surface area contributed by atoms with Crippen LogP contribution in [0.2, 0.25) is 0 Å². The number of aromatic nitrogens is 4. The molecule has 0 radical (unpaired) electrons. The Morgan fingerprint density at radius 2 is 2.29 bits per heavy atom. The first-order chi connectivity index (χ1) is 10.1. The maximum absolute atomic E-state index is 12.1. The van der Waals surface area contributed by atoms with Crippen LogP contribution in [0.1, 0.15) is 13.3 Å². The highest BCUT2D eigenvalue weighted by Crippen LogP contribution is 2.16. The number of likely N-dealkylation sites (N-methyl/N-ethyl adjacent to an activating group) is 1. The molecule has 2 heterocycles. The quantitative estimate of drug-likeness (QED) is 0.809. The summed E-state index contributed by atoms with van der Waals surface area (Å²) >= 11 is 1.53. The first kappa shape index (κ1) is 15.1. The Balaban J connectivity index is 1.97. The molecule has 21 heavy (non-hydrogen) atoms. The van der Waals surface area contributed by atoms with Crippen LogP contribution >= 0.6 is 11.3 Å². The number of carboxylic acids is 1. The van der Waals surface area contributed by atoms with Crippen molar-refractivity contribution in [3.8, 4) is 11.4 Å². The van der Waals surface area contributed by atoms with Gasteiger partial charge in [-0.3, -0.25) is 9.59 Å². The minimum Gasteiger partial charge on any atom is -0.481 e. The molecular weight excluding hydrogens is 294 g/mol. The highest BCUT2D eigenvalue weighted by molar-refractivity contribution is 7.08. The van der Waals surface area contributed by atoms with Gasteiger partial charge >= 0.3 is 5.97 Å². The summed E-state index contributed by atoms with van der Waals surface area (Å²) in [6, 6.07) is 1.87. The molecule has 0 aromatic carbocycles. The molecule has 0 bridgehead atoms. The topological polar surface area (TPSA) is 101 Å². The number of hydrogen-bond donors (Lipinski definition) is 1. The average molecular weight is 309 g/mol. The molecule has 1 amide bonds. The van der Waals surface area contributed by atoms with E-state index in [1.807, 2.05) is 16.8 Å². The lowest BCUT2D eigenvalue weighted by Crippen LogP contribution is -2.35. The van der Waals surface area contributed by atoms with E-state index in [9.17, 15) is 9.59 Å². The first-order valence-corrected chi connectivity index (χ1v) is 7.34. The highest BCUT2D eigenvalue weighted by Gasteiger charge is 2.15. The van der Waals surface area contributed by atoms with Crippen molar-refractivity contribution in [3.05, 3.63) is 16.8 Å². The number of amides is 1. The fraction of sp³-hybridized carbons (Fsp3) is 0.417. The smallest absolute Gasteiger partial charge is 0.305 e. The fourth-order valence-electron chi connectivity index (χ4n) is 1.73. The highest BCUT2D eigenvalue weighted by atomic mass is 32.1. The number of thiophene rings is 1. The van der Waals surface area contributed by atoms with Gasteiger partial charge in [-0.25, -0.2) is 0 Å². The Labute approximate surface area is 125 Å². The molecule has 0 saturated heterocycles. The third-order valence-electron chi connectivity index (χ3n) is 2.84. The maximum atomic E-state index is 12.1. The van der Waals surface area contributed by atoms with E-state index in [0.29, 0.717) is 12.4 Å². The molecule has 112 valence electrons. The van der Waals surface area contributed by atoms with Crippen LogP contribution in [-0.4, -0.2) is 55.2 Å². The number of rotatable bonds is 7. The molecule has 1 N–H and O–H groups in total. The van der Waals surface area contributed by atoms with Gasteiger partial charge in [-0.15, -0.1) is 10.2 Å². The van der Waals surface area contributed by atoms with E-state index >= 15 is 0 Å². The van der Waals surface area contributed by atoms with Gasteiger partial charge in [0, 0.05) is 24.0 Å². The molecule has 0 aliphatic carbocycles. The predicted molar refractivity (Wildman–Crippen MR) is 75.6 cm³/mol. The van der Waals surface area contributed by atoms with Crippen molar-refractivity contribution in [2.75, 3.05) is 13.1 Å². The molecule has 0 atom stereocenters. The summed E-state index contributed by atoms with van der Waals surface area (Å²) in [5.74, 6) is -0.689. The number of carboxylic acid groups (broad SMARTS) is 1. The van der Waals surface area contributed by atoms with E-state index in [2.05, 4.69) is 15.4 Å². The lowest BCUT2D eigenvalue weighted by molar-refractivity contribution is -0.138. The van der Waals surface area contributed by atoms with Gasteiger partial charge in [-0.2, -0.15) is 16.1 Å². The van der Waals surface area contributed by atoms with Gasteiger partial charge in [0.2, 0.25) is 11.7 Å². The number of nitrogens with zero attached hydrogens (tertiary/aromatic N) is 5. The first-order valence-electron chi connectivity index (χ1n) is 6.40. The van der Waals surface area contributed by atoms with Gasteiger partial charge in [0.05, 0.1) is 6.42 Å². The van der Waals surface area contributed by atoms with Gasteiger partial charge in [-0.1, -0.05) is 0 Å². The molecule has 2 aromatic rings. The minimum atomic E-state index is -0.931. The van der Waals surface area contributed by atoms with Gasteiger partial charge in [0.15, 0.2) is 0 Å². The fourth-order valence-corrected chi connectivity index (χ4v) is 2.36. The Morgan fingerprint density at radius 1 is 1.48 bits per heavy atom. The molecule has 0 saturated carbocycles. The van der Waals surface area contributed by atoms with Crippen molar-refractivity contribution in [3.63, 3.8) is 0 Å². The predicted octanol–water partition coefficient (Wildman–Crippen LogP) is 0.725. The average Bonchev–Trinajstić information content (AvgIpc) is 3.09. The van der Waals surface area contributed by atoms with Crippen molar-refractivity contribution in [1.82, 2.24) is 25.1 Å². The monoisotopic (exact) mass is 309 g/mol. The van der Waals surface area contributed by atoms with E-state index in [4.69, 9.17) is 5.11 Å². The van der Waals surface area contributed by atoms with E-state index in [0.717, 1.165) is 5.56 Å². The van der Waals surface area contributed by atoms with Crippen molar-refractivity contribution >= 4 is 23.2 Å². The largest absolute Gasteiger partial charge is 0.481 e. The number of tetrazole rings is 1. The van der Waals surface area contributed by atoms with Crippen molar-refractivity contribution in [2.45, 2.75) is 19.9 Å². The molecule has 2 rings (SSSR count). The second-order valence-electron chi connectivity index (χ2n) is 4.27. The summed E-state index contributed by atoms with van der Waals surface area (Å²) in [5, 5.41) is 24.3. The molecule has 0 aliphatic heterocycles. The molecule has 0 aliphatic rings. The zero-order valence-corrected chi connectivity index (χ0v) is 12.3. The zero-order chi connectivity index (χ0) is 15.2. The van der Waals surface area contributed by atoms with Crippen LogP contribution in [0.3, 0.4) is 0 Å². The Hall–Kier alpha value is -2.29. The standard InChI is InChI=1S/C12H15N5O3S/c1-2-16(5-3-11(19)20)10(18)7-17-14-12(13-15-17)9-4-6-21-8-9/h4,6,8H,2-3,5,7H2,1H3,(H,19,20). The third-order valence-corrected chi connectivity index (χ3v) is 3.52. The van der Waals surface area contributed by atoms with Gasteiger partial charge in [-0.05, 0) is 23.6 Å². The molecule has 2 aromatic heterocycles. The van der Waals surface area contributed by atoms with Crippen LogP contribution in [0.4, 0.5) is 0 Å². The van der Waals surface area contributed by atoms with Crippen LogP contribution in [0.25, 0.3) is 11.4 Å². The second kappa shape index (κ2) is 6.93. The van der Waals surface area contributed by atoms with E-state index in [1.54, 1.807) is 6.92 Å². The summed E-state index contributed by atoms with van der Waals surface area (Å²) in [5.41, 5.74) is 0.858. The summed E-state index contributed by atoms with van der Waals surface area (Å²) < 4.78 is 0. The van der Waals surface area contributed by atoms with Gasteiger partial charge < -0.3 is 10.0 Å². The van der Waals surface area contributed by atoms with Crippen LogP contribution in [0, 0.1) is 0 Å². The Morgan fingerprint density at radius 3 is 2.90 bits per heavy atom. The van der Waals surface area contributed by atoms with Gasteiger partial charge in [0.1, 0.15) is 6.54 Å². The lowest BCUT2D eigenvalue weighted by Gasteiger charge is -2.19. The summed E-state index contributed by atoms with van der Waals surface area (Å²) in [6.07, 6.45) is -0.0788. The van der Waals surface area contributed by atoms with Crippen LogP contribution < -0.4 is 0 Å². The SMILES string of the molecule is CCN(CCC(=O)O)C(=O)Cn1nnc(-c2ccsc2)n1. The molecule has 0 fully saturated rings. The van der Waals surface area contributed by atoms with Crippen LogP contribution in [0.5, 0.6) is 0 Å². The van der Waals surface area contributed by atoms with Crippen LogP contribution in [-0.2, 0) is 16.1 Å². The Bertz CT molecular complexity index is 610. The number of carbonyl (C=O) groups excluding carboxylic acids is 1. The summed E-state index contributed by atoms with van der Waals surface area (Å²) in [7, 11) is 0. The van der Waals surface area contributed by atoms with Crippen molar-refractivity contribution in [1.29, 1.82) is 0 Å². The van der Waals surface area contributed by atoms with E-state index < -0.39 is 5.97 Å². The molecular formula is C12H15N5O3S. The van der Waals surface area contributed by atoms with Gasteiger partial charge in [0.25, 0.3) is 0 Å². The molecule has 0 spiro atoms. The Kier molecular flexibility index (Phi) is 4.99. The van der Waals surface area contributed by atoms with Crippen molar-refractivity contribution < 1.29 is 14.7 Å². The zero-order valence-electron chi connectivity index (χ0n) is 11.5. The number of aliphatic carboxylic acids is 1. The second-order valence-corrected chi connectivity index (χ2v) is 5.05. The normalized spacial score (nSPS) is 10.5. The van der Waals surface area contributed by atoms with E-state index in [1.165, 1.54) is 21.0 Å². The van der Waals surface area contributed by atoms with E-state index in [-0.39, 0.29) is 25.4 Å². The molecule has 0 unspecified atom stereocenters. The lowest BCUT2D eigenvalue weighted by atomic mass is 10.3. The summed E-state index contributed by atoms with van der Waals surface area (Å²) in [6.45, 7) is 2.37. The number of hydrogen-bond acceptors (Lipinski definition) is 6. The summed E-state index contributed by atoms with van der Waals surface area (Å²) in [4.78, 5) is 25.3. The molecule has 9 heteroatoms. The molecule has 8 nitrogen and oxygen atoms in total. The van der Waals surface area contributed by atoms with Crippen LogP contribution in [0.15, 0.2) is 16.8 Å². The maximum Gasteiger partial charge on any atom is 0.305 e. The number of carbonyl (C=O) groups is 2. The minimum absolute atomic E-state index is 0.0510.